The standard InChI is InChI=1S/C16H21NO5/c1-3-21-16(18)11(2)22-15-10-13-8-6-4-5-7-12(13)9-14(15)17(19)20/h9-11H,3-8H2,1-2H3/t11-/m1/s1. The van der Waals surface area contributed by atoms with Crippen LogP contribution in [0.25, 0.3) is 0 Å². The molecule has 0 saturated carbocycles. The Balaban J connectivity index is 2.30. The average molecular weight is 307 g/mol. The monoisotopic (exact) mass is 307 g/mol. The minimum atomic E-state index is -0.873. The molecule has 0 N–H and O–H groups in total. The zero-order chi connectivity index (χ0) is 16.1. The van der Waals surface area contributed by atoms with Crippen molar-refractivity contribution in [2.24, 2.45) is 0 Å². The number of hydrogen-bond donors (Lipinski definition) is 0. The molecule has 6 nitrogen and oxygen atoms in total. The van der Waals surface area contributed by atoms with Crippen molar-refractivity contribution in [1.82, 2.24) is 0 Å². The SMILES string of the molecule is CCOC(=O)[C@@H](C)Oc1cc2c(cc1[N+](=O)[O-])CCCCC2. The van der Waals surface area contributed by atoms with Gasteiger partial charge in [-0.25, -0.2) is 4.79 Å². The third-order valence-corrected chi connectivity index (χ3v) is 3.79. The molecule has 0 fully saturated rings. The minimum absolute atomic E-state index is 0.0863. The van der Waals surface area contributed by atoms with Crippen molar-refractivity contribution in [1.29, 1.82) is 0 Å². The highest BCUT2D eigenvalue weighted by atomic mass is 16.6. The smallest absolute Gasteiger partial charge is 0.347 e. The molecular weight excluding hydrogens is 286 g/mol. The van der Waals surface area contributed by atoms with E-state index in [1.54, 1.807) is 19.1 Å². The Bertz CT molecular complexity index is 570. The maximum absolute atomic E-state index is 11.7. The van der Waals surface area contributed by atoms with Gasteiger partial charge in [0.2, 0.25) is 0 Å². The Morgan fingerprint density at radius 3 is 2.50 bits per heavy atom. The highest BCUT2D eigenvalue weighted by molar-refractivity contribution is 5.74. The maximum Gasteiger partial charge on any atom is 0.347 e. The lowest BCUT2D eigenvalue weighted by molar-refractivity contribution is -0.386. The van der Waals surface area contributed by atoms with Gasteiger partial charge in [-0.05, 0) is 56.7 Å². The van der Waals surface area contributed by atoms with Crippen LogP contribution in [0.2, 0.25) is 0 Å². The molecule has 0 heterocycles. The molecule has 0 aliphatic heterocycles. The number of fused-ring (bicyclic) bond motifs is 1. The molecule has 0 unspecified atom stereocenters. The predicted octanol–water partition coefficient (Wildman–Crippen LogP) is 3.19. The fourth-order valence-corrected chi connectivity index (χ4v) is 2.66. The summed E-state index contributed by atoms with van der Waals surface area (Å²) in [4.78, 5) is 22.5. The van der Waals surface area contributed by atoms with Crippen molar-refractivity contribution in [3.63, 3.8) is 0 Å². The summed E-state index contributed by atoms with van der Waals surface area (Å²) >= 11 is 0. The Morgan fingerprint density at radius 2 is 1.91 bits per heavy atom. The number of hydrogen-bond acceptors (Lipinski definition) is 5. The van der Waals surface area contributed by atoms with Crippen molar-refractivity contribution in [3.8, 4) is 5.75 Å². The molecule has 120 valence electrons. The molecule has 0 amide bonds. The lowest BCUT2D eigenvalue weighted by Gasteiger charge is -2.15. The van der Waals surface area contributed by atoms with Crippen LogP contribution >= 0.6 is 0 Å². The van der Waals surface area contributed by atoms with E-state index in [9.17, 15) is 14.9 Å². The summed E-state index contributed by atoms with van der Waals surface area (Å²) < 4.78 is 10.4. The molecule has 1 aromatic rings. The first-order valence-electron chi connectivity index (χ1n) is 7.66. The van der Waals surface area contributed by atoms with Crippen LogP contribution in [0, 0.1) is 10.1 Å². The van der Waals surface area contributed by atoms with Crippen LogP contribution in [0.1, 0.15) is 44.2 Å². The molecule has 22 heavy (non-hydrogen) atoms. The fourth-order valence-electron chi connectivity index (χ4n) is 2.66. The van der Waals surface area contributed by atoms with Crippen molar-refractivity contribution in [2.75, 3.05) is 6.61 Å². The summed E-state index contributed by atoms with van der Waals surface area (Å²) in [7, 11) is 0. The predicted molar refractivity (Wildman–Crippen MR) is 81.1 cm³/mol. The first kappa shape index (κ1) is 16.3. The molecule has 0 aromatic heterocycles. The number of benzene rings is 1. The molecule has 0 spiro atoms. The number of ether oxygens (including phenoxy) is 2. The van der Waals surface area contributed by atoms with E-state index in [4.69, 9.17) is 9.47 Å². The van der Waals surface area contributed by atoms with Crippen LogP contribution in [0.15, 0.2) is 12.1 Å². The highest BCUT2D eigenvalue weighted by Crippen LogP contribution is 2.34. The molecular formula is C16H21NO5. The molecule has 0 bridgehead atoms. The summed E-state index contributed by atoms with van der Waals surface area (Å²) in [6.07, 6.45) is 4.10. The quantitative estimate of drug-likeness (QED) is 0.361. The number of aryl methyl sites for hydroxylation is 2. The number of nitro groups is 1. The van der Waals surface area contributed by atoms with Gasteiger partial charge in [-0.1, -0.05) is 6.42 Å². The summed E-state index contributed by atoms with van der Waals surface area (Å²) in [5.41, 5.74) is 2.01. The summed E-state index contributed by atoms with van der Waals surface area (Å²) in [5, 5.41) is 11.3. The van der Waals surface area contributed by atoms with Gasteiger partial charge in [0.05, 0.1) is 11.5 Å². The van der Waals surface area contributed by atoms with Gasteiger partial charge >= 0.3 is 11.7 Å². The number of carbonyl (C=O) groups is 1. The molecule has 1 atom stereocenters. The van der Waals surface area contributed by atoms with E-state index in [-0.39, 0.29) is 18.0 Å². The van der Waals surface area contributed by atoms with Crippen LogP contribution < -0.4 is 4.74 Å². The molecule has 2 rings (SSSR count). The zero-order valence-electron chi connectivity index (χ0n) is 13.0. The third-order valence-electron chi connectivity index (χ3n) is 3.79. The Morgan fingerprint density at radius 1 is 1.27 bits per heavy atom. The van der Waals surface area contributed by atoms with Gasteiger partial charge in [0.1, 0.15) is 0 Å². The van der Waals surface area contributed by atoms with Crippen molar-refractivity contribution in [2.45, 2.75) is 52.1 Å². The number of nitrogens with zero attached hydrogens (tertiary/aromatic N) is 1. The van der Waals surface area contributed by atoms with Crippen LogP contribution in [0.3, 0.4) is 0 Å². The Hall–Kier alpha value is -2.11. The zero-order valence-corrected chi connectivity index (χ0v) is 13.0. The van der Waals surface area contributed by atoms with E-state index >= 15 is 0 Å². The molecule has 0 saturated heterocycles. The van der Waals surface area contributed by atoms with E-state index in [1.807, 2.05) is 0 Å². The molecule has 1 aromatic carbocycles. The van der Waals surface area contributed by atoms with E-state index in [2.05, 4.69) is 0 Å². The lowest BCUT2D eigenvalue weighted by Crippen LogP contribution is -2.26. The second kappa shape index (κ2) is 7.24. The van der Waals surface area contributed by atoms with Crippen LogP contribution in [-0.4, -0.2) is 23.6 Å². The number of esters is 1. The molecule has 6 heteroatoms. The topological polar surface area (TPSA) is 78.7 Å². The van der Waals surface area contributed by atoms with Gasteiger partial charge in [-0.3, -0.25) is 10.1 Å². The van der Waals surface area contributed by atoms with Gasteiger partial charge in [-0.2, -0.15) is 0 Å². The fraction of sp³-hybridized carbons (Fsp3) is 0.562. The summed E-state index contributed by atoms with van der Waals surface area (Å²) in [5.74, 6) is -0.377. The van der Waals surface area contributed by atoms with E-state index < -0.39 is 17.0 Å². The van der Waals surface area contributed by atoms with E-state index in [1.165, 1.54) is 6.92 Å². The Labute approximate surface area is 129 Å². The van der Waals surface area contributed by atoms with Crippen molar-refractivity contribution < 1.29 is 19.2 Å². The minimum Gasteiger partial charge on any atom is -0.472 e. The summed E-state index contributed by atoms with van der Waals surface area (Å²) in [6.45, 7) is 3.49. The normalized spacial score (nSPS) is 15.4. The van der Waals surface area contributed by atoms with Crippen LogP contribution in [0.5, 0.6) is 5.75 Å². The lowest BCUT2D eigenvalue weighted by atomic mass is 10.0. The maximum atomic E-state index is 11.7. The first-order valence-corrected chi connectivity index (χ1v) is 7.66. The van der Waals surface area contributed by atoms with E-state index in [0.29, 0.717) is 0 Å². The van der Waals surface area contributed by atoms with Gasteiger partial charge in [0.15, 0.2) is 11.9 Å². The van der Waals surface area contributed by atoms with Crippen LogP contribution in [0.4, 0.5) is 5.69 Å². The second-order valence-electron chi connectivity index (χ2n) is 5.42. The van der Waals surface area contributed by atoms with Gasteiger partial charge in [0.25, 0.3) is 0 Å². The largest absolute Gasteiger partial charge is 0.472 e. The first-order chi connectivity index (χ1) is 10.5. The number of rotatable bonds is 5. The molecule has 1 aliphatic rings. The van der Waals surface area contributed by atoms with Crippen molar-refractivity contribution >= 4 is 11.7 Å². The van der Waals surface area contributed by atoms with Crippen molar-refractivity contribution in [3.05, 3.63) is 33.4 Å². The average Bonchev–Trinajstić information content (AvgIpc) is 2.71. The van der Waals surface area contributed by atoms with Crippen LogP contribution in [-0.2, 0) is 22.4 Å². The van der Waals surface area contributed by atoms with Gasteiger partial charge in [0, 0.05) is 6.07 Å². The number of carbonyl (C=O) groups excluding carboxylic acids is 1. The summed E-state index contributed by atoms with van der Waals surface area (Å²) in [6, 6.07) is 3.31. The second-order valence-corrected chi connectivity index (χ2v) is 5.42. The third kappa shape index (κ3) is 3.75. The van der Waals surface area contributed by atoms with Gasteiger partial charge < -0.3 is 9.47 Å². The Kier molecular flexibility index (Phi) is 5.35. The van der Waals surface area contributed by atoms with E-state index in [0.717, 1.165) is 43.2 Å². The molecule has 1 aliphatic carbocycles. The van der Waals surface area contributed by atoms with Gasteiger partial charge in [-0.15, -0.1) is 0 Å². The number of nitro benzene ring substituents is 1. The molecule has 0 radical (unpaired) electrons. The highest BCUT2D eigenvalue weighted by Gasteiger charge is 2.24.